The van der Waals surface area contributed by atoms with E-state index in [1.165, 1.54) is 12.8 Å². The fourth-order valence-corrected chi connectivity index (χ4v) is 0.970. The summed E-state index contributed by atoms with van der Waals surface area (Å²) in [7, 11) is 0. The van der Waals surface area contributed by atoms with Crippen LogP contribution in [0.2, 0.25) is 0 Å². The third-order valence-electron chi connectivity index (χ3n) is 1.35. The van der Waals surface area contributed by atoms with Gasteiger partial charge in [-0.05, 0) is 5.92 Å². The maximum Gasteiger partial charge on any atom is 0.0907 e. The number of amidine groups is 1. The highest BCUT2D eigenvalue weighted by atomic mass is 14.7. The minimum atomic E-state index is 0.316. The molecule has 0 radical (unpaired) electrons. The second-order valence-corrected chi connectivity index (χ2v) is 2.62. The molecule has 9 heavy (non-hydrogen) atoms. The van der Waals surface area contributed by atoms with Gasteiger partial charge < -0.3 is 5.73 Å². The zero-order chi connectivity index (χ0) is 7.28. The van der Waals surface area contributed by atoms with Crippen LogP contribution >= 0.6 is 0 Å². The molecule has 1 unspecified atom stereocenters. The highest BCUT2D eigenvalue weighted by Crippen LogP contribution is 2.08. The maximum absolute atomic E-state index is 6.98. The maximum atomic E-state index is 6.98. The van der Waals surface area contributed by atoms with Crippen LogP contribution in [0.3, 0.4) is 0 Å². The summed E-state index contributed by atoms with van der Waals surface area (Å²) >= 11 is 0. The van der Waals surface area contributed by atoms with Crippen molar-refractivity contribution < 1.29 is 0 Å². The monoisotopic (exact) mass is 128 g/mol. The summed E-state index contributed by atoms with van der Waals surface area (Å²) in [5.74, 6) is 0.906. The average molecular weight is 128 g/mol. The fourth-order valence-electron chi connectivity index (χ4n) is 0.970. The highest BCUT2D eigenvalue weighted by molar-refractivity contribution is 5.76. The summed E-state index contributed by atoms with van der Waals surface area (Å²) in [4.78, 5) is 0. The van der Waals surface area contributed by atoms with Gasteiger partial charge in [0.05, 0.1) is 5.84 Å². The highest BCUT2D eigenvalue weighted by Gasteiger charge is 2.00. The van der Waals surface area contributed by atoms with Crippen LogP contribution in [0.1, 0.15) is 33.1 Å². The standard InChI is InChI=1S/C7H16N2/c1-3-4-6(2)5-7(8)9/h6H,3-5H2,1-2H3,(H3,8,9). The summed E-state index contributed by atoms with van der Waals surface area (Å²) in [5.41, 5.74) is 5.21. The van der Waals surface area contributed by atoms with Crippen molar-refractivity contribution in [2.75, 3.05) is 0 Å². The van der Waals surface area contributed by atoms with E-state index in [1.807, 2.05) is 0 Å². The number of hydrogen-bond donors (Lipinski definition) is 2. The fraction of sp³-hybridized carbons (Fsp3) is 0.857. The first-order valence-corrected chi connectivity index (χ1v) is 3.49. The second-order valence-electron chi connectivity index (χ2n) is 2.62. The summed E-state index contributed by atoms with van der Waals surface area (Å²) in [5, 5.41) is 6.98. The molecule has 0 saturated carbocycles. The van der Waals surface area contributed by atoms with Crippen molar-refractivity contribution in [2.24, 2.45) is 11.7 Å². The molecule has 0 aromatic rings. The van der Waals surface area contributed by atoms with Gasteiger partial charge in [-0.3, -0.25) is 5.41 Å². The van der Waals surface area contributed by atoms with Crippen molar-refractivity contribution >= 4 is 5.84 Å². The van der Waals surface area contributed by atoms with E-state index < -0.39 is 0 Å². The van der Waals surface area contributed by atoms with Crippen molar-refractivity contribution in [2.45, 2.75) is 33.1 Å². The Morgan fingerprint density at radius 3 is 2.56 bits per heavy atom. The lowest BCUT2D eigenvalue weighted by atomic mass is 10.0. The Labute approximate surface area is 57.0 Å². The van der Waals surface area contributed by atoms with Gasteiger partial charge in [0.2, 0.25) is 0 Å². The third kappa shape index (κ3) is 5.34. The Morgan fingerprint density at radius 2 is 2.22 bits per heavy atom. The molecular weight excluding hydrogens is 112 g/mol. The molecule has 1 atom stereocenters. The first kappa shape index (κ1) is 8.47. The minimum absolute atomic E-state index is 0.316. The quantitative estimate of drug-likeness (QED) is 0.440. The Hall–Kier alpha value is -0.530. The Kier molecular flexibility index (Phi) is 4.10. The molecule has 0 aliphatic carbocycles. The predicted octanol–water partition coefficient (Wildman–Crippen LogP) is 1.75. The van der Waals surface area contributed by atoms with Gasteiger partial charge in [-0.15, -0.1) is 0 Å². The topological polar surface area (TPSA) is 49.9 Å². The molecule has 2 heteroatoms. The zero-order valence-corrected chi connectivity index (χ0v) is 6.28. The van der Waals surface area contributed by atoms with Gasteiger partial charge in [-0.2, -0.15) is 0 Å². The second kappa shape index (κ2) is 4.36. The van der Waals surface area contributed by atoms with Gasteiger partial charge in [-0.1, -0.05) is 26.7 Å². The van der Waals surface area contributed by atoms with E-state index in [1.54, 1.807) is 0 Å². The van der Waals surface area contributed by atoms with Crippen molar-refractivity contribution in [3.8, 4) is 0 Å². The van der Waals surface area contributed by atoms with Gasteiger partial charge >= 0.3 is 0 Å². The van der Waals surface area contributed by atoms with E-state index in [-0.39, 0.29) is 0 Å². The first-order chi connectivity index (χ1) is 4.16. The van der Waals surface area contributed by atoms with Gasteiger partial charge in [0.15, 0.2) is 0 Å². The predicted molar refractivity (Wildman–Crippen MR) is 40.6 cm³/mol. The molecule has 0 spiro atoms. The molecule has 0 aliphatic heterocycles. The summed E-state index contributed by atoms with van der Waals surface area (Å²) in [6, 6.07) is 0. The molecule has 0 aromatic heterocycles. The largest absolute Gasteiger partial charge is 0.388 e. The molecule has 0 amide bonds. The molecule has 0 aromatic carbocycles. The van der Waals surface area contributed by atoms with Gasteiger partial charge in [0, 0.05) is 6.42 Å². The smallest absolute Gasteiger partial charge is 0.0907 e. The number of nitrogens with two attached hydrogens (primary N) is 1. The van der Waals surface area contributed by atoms with Crippen LogP contribution in [0, 0.1) is 11.3 Å². The first-order valence-electron chi connectivity index (χ1n) is 3.49. The minimum Gasteiger partial charge on any atom is -0.388 e. The summed E-state index contributed by atoms with van der Waals surface area (Å²) < 4.78 is 0. The van der Waals surface area contributed by atoms with E-state index in [0.29, 0.717) is 11.8 Å². The van der Waals surface area contributed by atoms with Crippen molar-refractivity contribution in [1.29, 1.82) is 5.41 Å². The SMILES string of the molecule is CCCC(C)CC(=N)N. The molecular formula is C7H16N2. The molecule has 0 fully saturated rings. The molecule has 0 aliphatic rings. The van der Waals surface area contributed by atoms with Crippen LogP contribution in [0.4, 0.5) is 0 Å². The van der Waals surface area contributed by atoms with Crippen LogP contribution < -0.4 is 5.73 Å². The lowest BCUT2D eigenvalue weighted by Gasteiger charge is -2.06. The normalized spacial score (nSPS) is 13.1. The number of rotatable bonds is 4. The molecule has 0 saturated heterocycles. The van der Waals surface area contributed by atoms with Gasteiger partial charge in [0.25, 0.3) is 0 Å². The summed E-state index contributed by atoms with van der Waals surface area (Å²) in [6.45, 7) is 4.28. The van der Waals surface area contributed by atoms with E-state index in [0.717, 1.165) is 6.42 Å². The van der Waals surface area contributed by atoms with E-state index in [2.05, 4.69) is 13.8 Å². The zero-order valence-electron chi connectivity index (χ0n) is 6.28. The Bertz CT molecular complexity index is 88.9. The van der Waals surface area contributed by atoms with Gasteiger partial charge in [0.1, 0.15) is 0 Å². The number of nitrogens with one attached hydrogen (secondary N) is 1. The summed E-state index contributed by atoms with van der Waals surface area (Å²) in [6.07, 6.45) is 3.13. The van der Waals surface area contributed by atoms with Crippen molar-refractivity contribution in [1.82, 2.24) is 0 Å². The third-order valence-corrected chi connectivity index (χ3v) is 1.35. The van der Waals surface area contributed by atoms with Gasteiger partial charge in [-0.25, -0.2) is 0 Å². The molecule has 0 rings (SSSR count). The van der Waals surface area contributed by atoms with E-state index in [9.17, 15) is 0 Å². The lowest BCUT2D eigenvalue weighted by Crippen LogP contribution is -2.13. The Balaban J connectivity index is 3.26. The van der Waals surface area contributed by atoms with Crippen molar-refractivity contribution in [3.05, 3.63) is 0 Å². The Morgan fingerprint density at radius 1 is 1.67 bits per heavy atom. The van der Waals surface area contributed by atoms with Crippen molar-refractivity contribution in [3.63, 3.8) is 0 Å². The van der Waals surface area contributed by atoms with Crippen LogP contribution in [0.25, 0.3) is 0 Å². The molecule has 54 valence electrons. The van der Waals surface area contributed by atoms with Crippen LogP contribution in [0.5, 0.6) is 0 Å². The average Bonchev–Trinajstić information content (AvgIpc) is 1.63. The molecule has 0 bridgehead atoms. The lowest BCUT2D eigenvalue weighted by molar-refractivity contribution is 0.542. The van der Waals surface area contributed by atoms with E-state index in [4.69, 9.17) is 11.1 Å². The molecule has 3 N–H and O–H groups in total. The van der Waals surface area contributed by atoms with Crippen LogP contribution in [-0.2, 0) is 0 Å². The van der Waals surface area contributed by atoms with E-state index >= 15 is 0 Å². The van der Waals surface area contributed by atoms with Crippen LogP contribution in [0.15, 0.2) is 0 Å². The molecule has 0 heterocycles. The number of hydrogen-bond acceptors (Lipinski definition) is 1. The van der Waals surface area contributed by atoms with Crippen LogP contribution in [-0.4, -0.2) is 5.84 Å². The molecule has 2 nitrogen and oxygen atoms in total.